The Morgan fingerprint density at radius 1 is 1.07 bits per heavy atom. The minimum atomic E-state index is 0.0720. The summed E-state index contributed by atoms with van der Waals surface area (Å²) < 4.78 is 1.98. The van der Waals surface area contributed by atoms with Crippen LogP contribution in [0.2, 0.25) is 0 Å². The van der Waals surface area contributed by atoms with E-state index in [1.807, 2.05) is 55.7 Å². The van der Waals surface area contributed by atoms with E-state index in [9.17, 15) is 4.79 Å². The second-order valence-electron chi connectivity index (χ2n) is 6.60. The Labute approximate surface area is 179 Å². The lowest BCUT2D eigenvalue weighted by Gasteiger charge is -2.08. The van der Waals surface area contributed by atoms with Crippen molar-refractivity contribution >= 4 is 29.3 Å². The van der Waals surface area contributed by atoms with Crippen molar-refractivity contribution in [2.24, 2.45) is 0 Å². The molecule has 2 heterocycles. The molecule has 3 rings (SSSR count). The van der Waals surface area contributed by atoms with Crippen LogP contribution in [0.5, 0.6) is 0 Å². The molecule has 0 atom stereocenters. The van der Waals surface area contributed by atoms with Gasteiger partial charge in [0.05, 0.1) is 11.5 Å². The lowest BCUT2D eigenvalue weighted by Crippen LogP contribution is -2.06. The van der Waals surface area contributed by atoms with E-state index >= 15 is 0 Å². The number of Topliss-reactive ketones (excluding diaryl/α,β-unsaturated/α-hetero) is 1. The lowest BCUT2D eigenvalue weighted by molar-refractivity contribution is 0.102. The van der Waals surface area contributed by atoms with E-state index in [1.54, 1.807) is 6.08 Å². The summed E-state index contributed by atoms with van der Waals surface area (Å²) in [7, 11) is 0. The normalized spacial score (nSPS) is 10.9. The monoisotopic (exact) mass is 425 g/mol. The minimum absolute atomic E-state index is 0.0720. The van der Waals surface area contributed by atoms with Gasteiger partial charge in [0.2, 0.25) is 0 Å². The van der Waals surface area contributed by atoms with Crippen molar-refractivity contribution in [3.05, 3.63) is 71.3 Å². The third-order valence-electron chi connectivity index (χ3n) is 4.10. The maximum absolute atomic E-state index is 12.5. The molecule has 29 heavy (non-hydrogen) atoms. The largest absolute Gasteiger partial charge is 0.301 e. The van der Waals surface area contributed by atoms with Gasteiger partial charge in [-0.05, 0) is 26.8 Å². The molecule has 3 aromatic rings. The third-order valence-corrected chi connectivity index (χ3v) is 5.91. The highest BCUT2D eigenvalue weighted by Crippen LogP contribution is 2.24. The van der Waals surface area contributed by atoms with E-state index in [-0.39, 0.29) is 5.78 Å². The molecule has 0 spiro atoms. The van der Waals surface area contributed by atoms with E-state index in [4.69, 9.17) is 0 Å². The van der Waals surface area contributed by atoms with Gasteiger partial charge >= 0.3 is 0 Å². The van der Waals surface area contributed by atoms with Crippen molar-refractivity contribution in [2.75, 3.05) is 5.75 Å². The summed E-state index contributed by atoms with van der Waals surface area (Å²) in [5, 5.41) is 10.0. The molecule has 0 radical (unpaired) electrons. The quantitative estimate of drug-likeness (QED) is 0.217. The van der Waals surface area contributed by atoms with Crippen LogP contribution in [0.3, 0.4) is 0 Å². The molecule has 0 saturated carbocycles. The Morgan fingerprint density at radius 2 is 1.76 bits per heavy atom. The van der Waals surface area contributed by atoms with Gasteiger partial charge in [-0.1, -0.05) is 59.4 Å². The molecule has 0 aliphatic heterocycles. The number of hydrogen-bond acceptors (Lipinski definition) is 7. The van der Waals surface area contributed by atoms with E-state index in [1.165, 1.54) is 23.5 Å². The van der Waals surface area contributed by atoms with Crippen molar-refractivity contribution in [2.45, 2.75) is 43.4 Å². The predicted octanol–water partition coefficient (Wildman–Crippen LogP) is 4.45. The Bertz CT molecular complexity index is 994. The number of allylic oxidation sites excluding steroid dienone is 1. The summed E-state index contributed by atoms with van der Waals surface area (Å²) in [6, 6.07) is 9.56. The first-order chi connectivity index (χ1) is 14.0. The zero-order chi connectivity index (χ0) is 20.8. The van der Waals surface area contributed by atoms with Crippen molar-refractivity contribution < 1.29 is 4.79 Å². The van der Waals surface area contributed by atoms with E-state index in [0.717, 1.165) is 27.9 Å². The molecule has 0 fully saturated rings. The van der Waals surface area contributed by atoms with Gasteiger partial charge in [-0.3, -0.25) is 4.79 Å². The van der Waals surface area contributed by atoms with Crippen LogP contribution in [0.4, 0.5) is 0 Å². The maximum Gasteiger partial charge on any atom is 0.191 e. The number of aryl methyl sites for hydroxylation is 3. The van der Waals surface area contributed by atoms with Crippen molar-refractivity contribution in [3.63, 3.8) is 0 Å². The molecule has 150 valence electrons. The zero-order valence-corrected chi connectivity index (χ0v) is 18.4. The smallest absolute Gasteiger partial charge is 0.191 e. The van der Waals surface area contributed by atoms with Gasteiger partial charge in [0.1, 0.15) is 5.82 Å². The summed E-state index contributed by atoms with van der Waals surface area (Å²) >= 11 is 2.91. The number of carbonyl (C=O) groups is 1. The lowest BCUT2D eigenvalue weighted by atomic mass is 10.1. The van der Waals surface area contributed by atoms with Gasteiger partial charge < -0.3 is 4.57 Å². The molecule has 1 aromatic carbocycles. The summed E-state index contributed by atoms with van der Waals surface area (Å²) in [5.41, 5.74) is 3.73. The van der Waals surface area contributed by atoms with Crippen LogP contribution >= 0.6 is 23.5 Å². The Morgan fingerprint density at radius 3 is 2.41 bits per heavy atom. The second kappa shape index (κ2) is 9.84. The van der Waals surface area contributed by atoms with Crippen LogP contribution < -0.4 is 0 Å². The van der Waals surface area contributed by atoms with Gasteiger partial charge in [-0.2, -0.15) is 0 Å². The van der Waals surface area contributed by atoms with Gasteiger partial charge in [0.15, 0.2) is 16.1 Å². The van der Waals surface area contributed by atoms with Crippen LogP contribution in [0.15, 0.2) is 53.3 Å². The van der Waals surface area contributed by atoms with Crippen LogP contribution in [-0.2, 0) is 12.3 Å². The summed E-state index contributed by atoms with van der Waals surface area (Å²) in [5.74, 6) is 1.78. The van der Waals surface area contributed by atoms with Crippen LogP contribution in [-0.4, -0.2) is 36.3 Å². The number of benzene rings is 1. The number of nitrogens with zero attached hydrogens (tertiary/aromatic N) is 5. The summed E-state index contributed by atoms with van der Waals surface area (Å²) in [4.78, 5) is 21.4. The first-order valence-electron chi connectivity index (χ1n) is 9.17. The Balaban J connectivity index is 1.68. The summed E-state index contributed by atoms with van der Waals surface area (Å²) in [6.45, 7) is 10.3. The highest BCUT2D eigenvalue weighted by Gasteiger charge is 2.15. The van der Waals surface area contributed by atoms with Crippen LogP contribution in [0.1, 0.15) is 33.1 Å². The molecule has 0 N–H and O–H groups in total. The molecular formula is C21H23N5OS2. The third kappa shape index (κ3) is 5.77. The number of carbonyl (C=O) groups excluding carboxylic acids is 1. The highest BCUT2D eigenvalue weighted by molar-refractivity contribution is 7.99. The fraction of sp³-hybridized carbons (Fsp3) is 0.286. The topological polar surface area (TPSA) is 73.6 Å². The van der Waals surface area contributed by atoms with E-state index < -0.39 is 0 Å². The molecule has 8 heteroatoms. The summed E-state index contributed by atoms with van der Waals surface area (Å²) in [6.07, 6.45) is 1.80. The average Bonchev–Trinajstić information content (AvgIpc) is 3.06. The van der Waals surface area contributed by atoms with Crippen LogP contribution in [0.25, 0.3) is 0 Å². The van der Waals surface area contributed by atoms with Gasteiger partial charge in [0, 0.05) is 23.5 Å². The van der Waals surface area contributed by atoms with E-state index in [0.29, 0.717) is 28.8 Å². The Kier molecular flexibility index (Phi) is 7.22. The number of hydrogen-bond donors (Lipinski definition) is 0. The van der Waals surface area contributed by atoms with Gasteiger partial charge in [-0.25, -0.2) is 9.97 Å². The van der Waals surface area contributed by atoms with Crippen LogP contribution in [0, 0.1) is 20.8 Å². The molecular weight excluding hydrogens is 402 g/mol. The molecule has 0 saturated heterocycles. The fourth-order valence-electron chi connectivity index (χ4n) is 2.69. The van der Waals surface area contributed by atoms with Crippen molar-refractivity contribution in [3.8, 4) is 0 Å². The first-order valence-corrected chi connectivity index (χ1v) is 11.1. The number of thioether (sulfide) groups is 2. The highest BCUT2D eigenvalue weighted by atomic mass is 32.2. The fourth-order valence-corrected chi connectivity index (χ4v) is 4.44. The van der Waals surface area contributed by atoms with Gasteiger partial charge in [-0.15, -0.1) is 16.8 Å². The molecule has 2 aromatic heterocycles. The van der Waals surface area contributed by atoms with Gasteiger partial charge in [0.25, 0.3) is 0 Å². The van der Waals surface area contributed by atoms with Crippen molar-refractivity contribution in [1.82, 2.24) is 24.7 Å². The second-order valence-corrected chi connectivity index (χ2v) is 8.48. The molecule has 0 amide bonds. The number of ketones is 1. The Hall–Kier alpha value is -2.45. The molecule has 0 bridgehead atoms. The first kappa shape index (κ1) is 21.3. The van der Waals surface area contributed by atoms with Crippen molar-refractivity contribution in [1.29, 1.82) is 0 Å². The average molecular weight is 426 g/mol. The molecule has 0 unspecified atom stereocenters. The zero-order valence-electron chi connectivity index (χ0n) is 16.8. The number of aromatic nitrogens is 5. The standard InChI is InChI=1S/C21H23N5OS2/c1-5-10-26-19(13-28-20-22-15(3)11-16(4)23-20)24-25-21(26)29-12-18(27)17-8-6-14(2)7-9-17/h5-9,11H,1,10,12-13H2,2-4H3. The molecule has 6 nitrogen and oxygen atoms in total. The molecule has 0 aliphatic carbocycles. The minimum Gasteiger partial charge on any atom is -0.301 e. The molecule has 0 aliphatic rings. The predicted molar refractivity (Wildman–Crippen MR) is 118 cm³/mol. The SMILES string of the molecule is C=CCn1c(CSc2nc(C)cc(C)n2)nnc1SCC(=O)c1ccc(C)cc1. The maximum atomic E-state index is 12.5. The number of rotatable bonds is 9. The van der Waals surface area contributed by atoms with E-state index in [2.05, 4.69) is 26.7 Å².